The van der Waals surface area contributed by atoms with Crippen molar-refractivity contribution in [2.75, 3.05) is 6.54 Å². The van der Waals surface area contributed by atoms with Gasteiger partial charge in [0.25, 0.3) is 0 Å². The van der Waals surface area contributed by atoms with Crippen LogP contribution in [0.1, 0.15) is 5.56 Å². The average molecular weight is 257 g/mol. The molecule has 18 heavy (non-hydrogen) atoms. The van der Waals surface area contributed by atoms with Gasteiger partial charge in [-0.15, -0.1) is 11.3 Å². The highest BCUT2D eigenvalue weighted by Crippen LogP contribution is 2.25. The first-order valence-electron chi connectivity index (χ1n) is 6.05. The fraction of sp³-hybridized carbons (Fsp3) is 0.214. The Kier molecular flexibility index (Phi) is 3.39. The van der Waals surface area contributed by atoms with Gasteiger partial charge in [0, 0.05) is 36.7 Å². The van der Waals surface area contributed by atoms with E-state index in [2.05, 4.69) is 44.5 Å². The molecule has 4 heteroatoms. The predicted molar refractivity (Wildman–Crippen MR) is 75.8 cm³/mol. The van der Waals surface area contributed by atoms with Crippen LogP contribution in [0, 0.1) is 0 Å². The van der Waals surface area contributed by atoms with E-state index in [-0.39, 0.29) is 0 Å². The first-order valence-corrected chi connectivity index (χ1v) is 6.93. The zero-order valence-electron chi connectivity index (χ0n) is 10.0. The molecular weight excluding hydrogens is 242 g/mol. The van der Waals surface area contributed by atoms with Gasteiger partial charge in [-0.3, -0.25) is 0 Å². The second kappa shape index (κ2) is 5.33. The molecule has 1 aromatic carbocycles. The SMILES string of the molecule is c1ccc2c(CNCCn3ccnc3)csc2c1. The minimum atomic E-state index is 0.929. The Balaban J connectivity index is 1.57. The van der Waals surface area contributed by atoms with Crippen LogP contribution >= 0.6 is 11.3 Å². The minimum Gasteiger partial charge on any atom is -0.336 e. The summed E-state index contributed by atoms with van der Waals surface area (Å²) in [7, 11) is 0. The van der Waals surface area contributed by atoms with Gasteiger partial charge in [0.1, 0.15) is 0 Å². The van der Waals surface area contributed by atoms with Crippen molar-refractivity contribution in [3.63, 3.8) is 0 Å². The van der Waals surface area contributed by atoms with Gasteiger partial charge in [-0.2, -0.15) is 0 Å². The lowest BCUT2D eigenvalue weighted by atomic mass is 10.2. The third-order valence-electron chi connectivity index (χ3n) is 2.98. The van der Waals surface area contributed by atoms with Crippen molar-refractivity contribution in [1.29, 1.82) is 0 Å². The number of fused-ring (bicyclic) bond motifs is 1. The van der Waals surface area contributed by atoms with Gasteiger partial charge in [0.2, 0.25) is 0 Å². The summed E-state index contributed by atoms with van der Waals surface area (Å²) in [5, 5.41) is 7.09. The molecule has 3 aromatic rings. The van der Waals surface area contributed by atoms with E-state index in [4.69, 9.17) is 0 Å². The van der Waals surface area contributed by atoms with E-state index in [1.54, 1.807) is 0 Å². The maximum atomic E-state index is 4.03. The van der Waals surface area contributed by atoms with Crippen molar-refractivity contribution < 1.29 is 0 Å². The number of rotatable bonds is 5. The highest BCUT2D eigenvalue weighted by Gasteiger charge is 2.02. The van der Waals surface area contributed by atoms with Gasteiger partial charge in [0.05, 0.1) is 6.33 Å². The molecule has 3 rings (SSSR count). The molecular formula is C14H15N3S. The molecule has 0 saturated carbocycles. The zero-order chi connectivity index (χ0) is 12.2. The van der Waals surface area contributed by atoms with Gasteiger partial charge < -0.3 is 9.88 Å². The fourth-order valence-electron chi connectivity index (χ4n) is 2.02. The normalized spacial score (nSPS) is 11.1. The molecule has 0 spiro atoms. The first kappa shape index (κ1) is 11.4. The van der Waals surface area contributed by atoms with Crippen LogP contribution in [0.5, 0.6) is 0 Å². The molecule has 0 aliphatic heterocycles. The van der Waals surface area contributed by atoms with E-state index in [0.29, 0.717) is 0 Å². The van der Waals surface area contributed by atoms with Crippen LogP contribution < -0.4 is 5.32 Å². The number of thiophene rings is 1. The molecule has 0 aliphatic carbocycles. The lowest BCUT2D eigenvalue weighted by molar-refractivity contribution is 0.599. The van der Waals surface area contributed by atoms with Crippen molar-refractivity contribution >= 4 is 21.4 Å². The second-order valence-corrected chi connectivity index (χ2v) is 5.15. The molecule has 92 valence electrons. The fourth-order valence-corrected chi connectivity index (χ4v) is 2.98. The maximum Gasteiger partial charge on any atom is 0.0946 e. The van der Waals surface area contributed by atoms with Crippen molar-refractivity contribution in [3.8, 4) is 0 Å². The molecule has 2 aromatic heterocycles. The van der Waals surface area contributed by atoms with Crippen molar-refractivity contribution in [2.24, 2.45) is 0 Å². The summed E-state index contributed by atoms with van der Waals surface area (Å²) in [4.78, 5) is 4.03. The number of hydrogen-bond acceptors (Lipinski definition) is 3. The Morgan fingerprint density at radius 3 is 3.11 bits per heavy atom. The Labute approximate surface area is 110 Å². The van der Waals surface area contributed by atoms with Gasteiger partial charge in [0.15, 0.2) is 0 Å². The summed E-state index contributed by atoms with van der Waals surface area (Å²) in [6, 6.07) is 8.56. The summed E-state index contributed by atoms with van der Waals surface area (Å²) < 4.78 is 3.45. The number of imidazole rings is 1. The third kappa shape index (κ3) is 2.44. The summed E-state index contributed by atoms with van der Waals surface area (Å²) in [6.07, 6.45) is 5.65. The average Bonchev–Trinajstić information content (AvgIpc) is 3.04. The number of aromatic nitrogens is 2. The quantitative estimate of drug-likeness (QED) is 0.712. The van der Waals surface area contributed by atoms with Crippen LogP contribution in [0.25, 0.3) is 10.1 Å². The Hall–Kier alpha value is -1.65. The molecule has 0 radical (unpaired) electrons. The van der Waals surface area contributed by atoms with E-state index >= 15 is 0 Å². The van der Waals surface area contributed by atoms with Crippen LogP contribution in [0.2, 0.25) is 0 Å². The van der Waals surface area contributed by atoms with Gasteiger partial charge >= 0.3 is 0 Å². The topological polar surface area (TPSA) is 29.9 Å². The Morgan fingerprint density at radius 1 is 1.28 bits per heavy atom. The molecule has 0 unspecified atom stereocenters. The predicted octanol–water partition coefficient (Wildman–Crippen LogP) is 2.89. The van der Waals surface area contributed by atoms with Crippen LogP contribution in [-0.4, -0.2) is 16.1 Å². The molecule has 0 aliphatic rings. The Bertz CT molecular complexity index is 613. The third-order valence-corrected chi connectivity index (χ3v) is 3.99. The number of hydrogen-bond donors (Lipinski definition) is 1. The van der Waals surface area contributed by atoms with E-state index in [1.165, 1.54) is 15.6 Å². The minimum absolute atomic E-state index is 0.929. The highest BCUT2D eigenvalue weighted by molar-refractivity contribution is 7.17. The van der Waals surface area contributed by atoms with Gasteiger partial charge in [-0.05, 0) is 22.4 Å². The van der Waals surface area contributed by atoms with Crippen molar-refractivity contribution in [1.82, 2.24) is 14.9 Å². The molecule has 0 atom stereocenters. The molecule has 2 heterocycles. The van der Waals surface area contributed by atoms with E-state index in [9.17, 15) is 0 Å². The summed E-state index contributed by atoms with van der Waals surface area (Å²) in [5.41, 5.74) is 1.39. The van der Waals surface area contributed by atoms with Crippen molar-refractivity contribution in [3.05, 3.63) is 53.9 Å². The summed E-state index contributed by atoms with van der Waals surface area (Å²) in [6.45, 7) is 2.85. The number of benzene rings is 1. The summed E-state index contributed by atoms with van der Waals surface area (Å²) in [5.74, 6) is 0. The largest absolute Gasteiger partial charge is 0.336 e. The van der Waals surface area contributed by atoms with Crippen LogP contribution in [0.4, 0.5) is 0 Å². The standard InChI is InChI=1S/C14H15N3S/c1-2-4-14-13(3-1)12(10-18-14)9-15-5-7-17-8-6-16-11-17/h1-4,6,8,10-11,15H,5,7,9H2. The highest BCUT2D eigenvalue weighted by atomic mass is 32.1. The smallest absolute Gasteiger partial charge is 0.0946 e. The van der Waals surface area contributed by atoms with Crippen LogP contribution in [-0.2, 0) is 13.1 Å². The zero-order valence-corrected chi connectivity index (χ0v) is 10.9. The maximum absolute atomic E-state index is 4.03. The van der Waals surface area contributed by atoms with Crippen LogP contribution in [0.3, 0.4) is 0 Å². The Morgan fingerprint density at radius 2 is 2.22 bits per heavy atom. The van der Waals surface area contributed by atoms with E-state index < -0.39 is 0 Å². The lowest BCUT2D eigenvalue weighted by Crippen LogP contribution is -2.18. The van der Waals surface area contributed by atoms with Crippen molar-refractivity contribution in [2.45, 2.75) is 13.1 Å². The monoisotopic (exact) mass is 257 g/mol. The number of nitrogens with zero attached hydrogens (tertiary/aromatic N) is 2. The summed E-state index contributed by atoms with van der Waals surface area (Å²) >= 11 is 1.81. The lowest BCUT2D eigenvalue weighted by Gasteiger charge is -2.04. The van der Waals surface area contributed by atoms with E-state index in [1.807, 2.05) is 30.1 Å². The molecule has 0 saturated heterocycles. The molecule has 0 fully saturated rings. The molecule has 0 bridgehead atoms. The number of nitrogens with one attached hydrogen (secondary N) is 1. The van der Waals surface area contributed by atoms with Gasteiger partial charge in [-0.25, -0.2) is 4.98 Å². The van der Waals surface area contributed by atoms with Crippen LogP contribution in [0.15, 0.2) is 48.4 Å². The molecule has 0 amide bonds. The van der Waals surface area contributed by atoms with E-state index in [0.717, 1.165) is 19.6 Å². The van der Waals surface area contributed by atoms with Gasteiger partial charge in [-0.1, -0.05) is 18.2 Å². The molecule has 1 N–H and O–H groups in total. The second-order valence-electron chi connectivity index (χ2n) is 4.23. The molecule has 3 nitrogen and oxygen atoms in total. The first-order chi connectivity index (χ1) is 8.93.